The third kappa shape index (κ3) is 2.42. The van der Waals surface area contributed by atoms with Gasteiger partial charge in [0.05, 0.1) is 11.8 Å². The average Bonchev–Trinajstić information content (AvgIpc) is 2.32. The Balaban J connectivity index is 2.63. The maximum Gasteiger partial charge on any atom is 0.340 e. The number of rotatable bonds is 1. The van der Waals surface area contributed by atoms with Gasteiger partial charge in [-0.1, -0.05) is 0 Å². The van der Waals surface area contributed by atoms with Crippen molar-refractivity contribution in [3.63, 3.8) is 0 Å². The van der Waals surface area contributed by atoms with E-state index in [0.29, 0.717) is 5.56 Å². The van der Waals surface area contributed by atoms with Gasteiger partial charge in [0.15, 0.2) is 0 Å². The van der Waals surface area contributed by atoms with Gasteiger partial charge in [-0.05, 0) is 26.8 Å². The summed E-state index contributed by atoms with van der Waals surface area (Å²) in [5.74, 6) is -0.344. The number of esters is 1. The van der Waals surface area contributed by atoms with Gasteiger partial charge in [0, 0.05) is 6.20 Å². The van der Waals surface area contributed by atoms with Crippen LogP contribution in [0.3, 0.4) is 0 Å². The van der Waals surface area contributed by atoms with E-state index in [4.69, 9.17) is 4.74 Å². The second-order valence-corrected chi connectivity index (χ2v) is 3.52. The van der Waals surface area contributed by atoms with Gasteiger partial charge < -0.3 is 9.72 Å². The highest BCUT2D eigenvalue weighted by Gasteiger charge is 2.17. The van der Waals surface area contributed by atoms with Gasteiger partial charge in [-0.3, -0.25) is 0 Å². The summed E-state index contributed by atoms with van der Waals surface area (Å²) < 4.78 is 5.09. The van der Waals surface area contributed by atoms with Crippen molar-refractivity contribution in [2.24, 2.45) is 0 Å². The Hall–Kier alpha value is -1.25. The van der Waals surface area contributed by atoms with E-state index in [9.17, 15) is 4.79 Å². The molecule has 1 aromatic heterocycles. The Morgan fingerprint density at radius 3 is 2.67 bits per heavy atom. The van der Waals surface area contributed by atoms with Crippen LogP contribution in [0.2, 0.25) is 0 Å². The van der Waals surface area contributed by atoms with Gasteiger partial charge in [-0.15, -0.1) is 0 Å². The standard InChI is InChI=1S/C9H12NO2/c1-9(2,3)12-8(11)7-4-5-10-6-7/h4-5,10H,1-3H3. The summed E-state index contributed by atoms with van der Waals surface area (Å²) in [6.45, 7) is 5.49. The highest BCUT2D eigenvalue weighted by Crippen LogP contribution is 2.10. The predicted octanol–water partition coefficient (Wildman–Crippen LogP) is 1.77. The van der Waals surface area contributed by atoms with Gasteiger partial charge in [-0.2, -0.15) is 0 Å². The van der Waals surface area contributed by atoms with E-state index in [1.54, 1.807) is 12.3 Å². The van der Waals surface area contributed by atoms with E-state index >= 15 is 0 Å². The molecule has 1 aromatic rings. The number of hydrogen-bond acceptors (Lipinski definition) is 2. The molecule has 0 aliphatic rings. The summed E-state index contributed by atoms with van der Waals surface area (Å²) in [6.07, 6.45) is 4.30. The Morgan fingerprint density at radius 2 is 2.25 bits per heavy atom. The van der Waals surface area contributed by atoms with Crippen LogP contribution in [0.15, 0.2) is 12.3 Å². The molecule has 0 aliphatic heterocycles. The highest BCUT2D eigenvalue weighted by atomic mass is 16.6. The molecule has 1 heterocycles. The molecule has 0 saturated heterocycles. The minimum atomic E-state index is -0.442. The second kappa shape index (κ2) is 3.01. The van der Waals surface area contributed by atoms with Crippen molar-refractivity contribution >= 4 is 5.97 Å². The van der Waals surface area contributed by atoms with Crippen LogP contribution in [0.4, 0.5) is 0 Å². The Kier molecular flexibility index (Phi) is 2.22. The van der Waals surface area contributed by atoms with E-state index in [1.165, 1.54) is 0 Å². The van der Waals surface area contributed by atoms with Crippen molar-refractivity contribution in [3.8, 4) is 0 Å². The van der Waals surface area contributed by atoms with Crippen LogP contribution in [0.1, 0.15) is 31.1 Å². The maximum atomic E-state index is 11.2. The molecule has 65 valence electrons. The van der Waals surface area contributed by atoms with Crippen LogP contribution in [0, 0.1) is 6.20 Å². The van der Waals surface area contributed by atoms with Crippen molar-refractivity contribution < 1.29 is 9.53 Å². The number of ether oxygens (including phenoxy) is 1. The van der Waals surface area contributed by atoms with Crippen molar-refractivity contribution in [3.05, 3.63) is 24.0 Å². The molecule has 0 atom stereocenters. The SMILES string of the molecule is CC(C)(C)OC(=O)c1[c][nH]cc1. The average molecular weight is 166 g/mol. The molecule has 3 nitrogen and oxygen atoms in total. The van der Waals surface area contributed by atoms with E-state index in [-0.39, 0.29) is 5.97 Å². The molecule has 0 bridgehead atoms. The Morgan fingerprint density at radius 1 is 1.58 bits per heavy atom. The first-order valence-electron chi connectivity index (χ1n) is 3.77. The smallest absolute Gasteiger partial charge is 0.340 e. The summed E-state index contributed by atoms with van der Waals surface area (Å²) in [6, 6.07) is 1.63. The summed E-state index contributed by atoms with van der Waals surface area (Å²) >= 11 is 0. The largest absolute Gasteiger partial charge is 0.456 e. The van der Waals surface area contributed by atoms with E-state index < -0.39 is 5.60 Å². The first-order chi connectivity index (χ1) is 5.49. The number of H-pyrrole nitrogens is 1. The van der Waals surface area contributed by atoms with E-state index in [2.05, 4.69) is 11.2 Å². The summed E-state index contributed by atoms with van der Waals surface area (Å²) in [7, 11) is 0. The Labute approximate surface area is 71.7 Å². The lowest BCUT2D eigenvalue weighted by Gasteiger charge is -2.18. The third-order valence-electron chi connectivity index (χ3n) is 1.16. The van der Waals surface area contributed by atoms with Crippen LogP contribution >= 0.6 is 0 Å². The molecule has 1 radical (unpaired) electrons. The molecule has 3 heteroatoms. The van der Waals surface area contributed by atoms with Crippen LogP contribution in [0.25, 0.3) is 0 Å². The molecular weight excluding hydrogens is 154 g/mol. The van der Waals surface area contributed by atoms with Crippen molar-refractivity contribution in [1.82, 2.24) is 4.98 Å². The van der Waals surface area contributed by atoms with E-state index in [1.807, 2.05) is 20.8 Å². The molecule has 0 spiro atoms. The number of aromatic nitrogens is 1. The molecule has 0 aromatic carbocycles. The topological polar surface area (TPSA) is 42.1 Å². The molecule has 12 heavy (non-hydrogen) atoms. The maximum absolute atomic E-state index is 11.2. The van der Waals surface area contributed by atoms with Crippen LogP contribution in [-0.4, -0.2) is 16.6 Å². The summed E-state index contributed by atoms with van der Waals surface area (Å²) in [4.78, 5) is 13.9. The van der Waals surface area contributed by atoms with Gasteiger partial charge in [0.25, 0.3) is 0 Å². The lowest BCUT2D eigenvalue weighted by Crippen LogP contribution is -2.23. The van der Waals surface area contributed by atoms with Gasteiger partial charge in [0.1, 0.15) is 5.60 Å². The van der Waals surface area contributed by atoms with Crippen molar-refractivity contribution in [2.75, 3.05) is 0 Å². The van der Waals surface area contributed by atoms with Gasteiger partial charge in [0.2, 0.25) is 0 Å². The zero-order valence-electron chi connectivity index (χ0n) is 7.47. The molecule has 0 fully saturated rings. The number of aromatic amines is 1. The molecule has 0 unspecified atom stereocenters. The lowest BCUT2D eigenvalue weighted by molar-refractivity contribution is 0.00694. The van der Waals surface area contributed by atoms with Crippen LogP contribution < -0.4 is 0 Å². The zero-order valence-corrected chi connectivity index (χ0v) is 7.47. The molecule has 0 aliphatic carbocycles. The van der Waals surface area contributed by atoms with E-state index in [0.717, 1.165) is 0 Å². The van der Waals surface area contributed by atoms with Gasteiger partial charge >= 0.3 is 5.97 Å². The fraction of sp³-hybridized carbons (Fsp3) is 0.444. The summed E-state index contributed by atoms with van der Waals surface area (Å²) in [5, 5.41) is 0. The van der Waals surface area contributed by atoms with Crippen molar-refractivity contribution in [1.29, 1.82) is 0 Å². The number of nitrogens with one attached hydrogen (secondary N) is 1. The molecule has 1 N–H and O–H groups in total. The first-order valence-corrected chi connectivity index (χ1v) is 3.77. The number of hydrogen-bond donors (Lipinski definition) is 1. The molecule has 1 rings (SSSR count). The fourth-order valence-corrected chi connectivity index (χ4v) is 0.738. The van der Waals surface area contributed by atoms with Crippen molar-refractivity contribution in [2.45, 2.75) is 26.4 Å². The first kappa shape index (κ1) is 8.84. The normalized spacial score (nSPS) is 11.2. The highest BCUT2D eigenvalue weighted by molar-refractivity contribution is 5.89. The third-order valence-corrected chi connectivity index (χ3v) is 1.16. The number of carbonyl (C=O) groups is 1. The minimum absolute atomic E-state index is 0.344. The number of carbonyl (C=O) groups excluding carboxylic acids is 1. The minimum Gasteiger partial charge on any atom is -0.456 e. The lowest BCUT2D eigenvalue weighted by atomic mass is 10.2. The quantitative estimate of drug-likeness (QED) is 0.646. The predicted molar refractivity (Wildman–Crippen MR) is 44.8 cm³/mol. The Bertz CT molecular complexity index is 257. The molecular formula is C9H12NO2. The van der Waals surface area contributed by atoms with Gasteiger partial charge in [-0.25, -0.2) is 4.79 Å². The molecule has 0 saturated carbocycles. The second-order valence-electron chi connectivity index (χ2n) is 3.52. The zero-order chi connectivity index (χ0) is 9.19. The van der Waals surface area contributed by atoms with Crippen LogP contribution in [-0.2, 0) is 4.74 Å². The fourth-order valence-electron chi connectivity index (χ4n) is 0.738. The molecule has 0 amide bonds. The van der Waals surface area contributed by atoms with Crippen LogP contribution in [0.5, 0.6) is 0 Å². The monoisotopic (exact) mass is 166 g/mol. The summed E-state index contributed by atoms with van der Waals surface area (Å²) in [5.41, 5.74) is -0.00715.